The van der Waals surface area contributed by atoms with E-state index in [1.54, 1.807) is 6.20 Å². The van der Waals surface area contributed by atoms with Crippen LogP contribution in [0, 0.1) is 0 Å². The van der Waals surface area contributed by atoms with Gasteiger partial charge in [-0.25, -0.2) is 9.50 Å². The third-order valence-electron chi connectivity index (χ3n) is 5.84. The predicted octanol–water partition coefficient (Wildman–Crippen LogP) is 5.24. The molecule has 7 heteroatoms. The minimum Gasteiger partial charge on any atom is -0.349 e. The summed E-state index contributed by atoms with van der Waals surface area (Å²) in [6, 6.07) is 9.63. The molecular weight excluding hydrogens is 422 g/mol. The third kappa shape index (κ3) is 5.87. The minimum atomic E-state index is -0.0817. The highest BCUT2D eigenvalue weighted by molar-refractivity contribution is 6.30. The summed E-state index contributed by atoms with van der Waals surface area (Å²) < 4.78 is 1.81. The van der Waals surface area contributed by atoms with Gasteiger partial charge in [0.25, 0.3) is 5.91 Å². The van der Waals surface area contributed by atoms with Crippen molar-refractivity contribution in [1.29, 1.82) is 0 Å². The number of aryl methyl sites for hydroxylation is 1. The molecule has 0 fully saturated rings. The Labute approximate surface area is 196 Å². The Morgan fingerprint density at radius 2 is 1.91 bits per heavy atom. The topological polar surface area (TPSA) is 62.5 Å². The maximum absolute atomic E-state index is 13.1. The van der Waals surface area contributed by atoms with Gasteiger partial charge < -0.3 is 10.2 Å². The predicted molar refractivity (Wildman–Crippen MR) is 131 cm³/mol. The Bertz CT molecular complexity index is 1030. The molecule has 1 N–H and O–H groups in total. The van der Waals surface area contributed by atoms with Gasteiger partial charge in [0.15, 0.2) is 5.65 Å². The molecule has 0 saturated carbocycles. The zero-order valence-electron chi connectivity index (χ0n) is 19.6. The van der Waals surface area contributed by atoms with Crippen LogP contribution < -0.4 is 5.32 Å². The fourth-order valence-corrected chi connectivity index (χ4v) is 4.07. The number of rotatable bonds is 11. The SMILES string of the molecule is CCCc1c(C(=O)NC(C)CCCN(CC)CC)cnc2cc(-c3ccc(Cl)cc3)nn12. The monoisotopic (exact) mass is 455 g/mol. The molecule has 1 unspecified atom stereocenters. The molecule has 0 spiro atoms. The molecule has 3 aromatic rings. The first-order valence-corrected chi connectivity index (χ1v) is 12.0. The van der Waals surface area contributed by atoms with Crippen LogP contribution in [0.1, 0.15) is 63.0 Å². The molecule has 32 heavy (non-hydrogen) atoms. The van der Waals surface area contributed by atoms with Crippen molar-refractivity contribution in [2.75, 3.05) is 19.6 Å². The summed E-state index contributed by atoms with van der Waals surface area (Å²) >= 11 is 6.02. The van der Waals surface area contributed by atoms with E-state index in [-0.39, 0.29) is 11.9 Å². The number of aromatic nitrogens is 3. The van der Waals surface area contributed by atoms with Crippen LogP contribution in [-0.2, 0) is 6.42 Å². The zero-order chi connectivity index (χ0) is 23.1. The lowest BCUT2D eigenvalue weighted by Crippen LogP contribution is -2.34. The molecule has 1 aromatic carbocycles. The lowest BCUT2D eigenvalue weighted by molar-refractivity contribution is 0.0935. The van der Waals surface area contributed by atoms with Crippen molar-refractivity contribution in [2.24, 2.45) is 0 Å². The van der Waals surface area contributed by atoms with Crippen LogP contribution in [0.3, 0.4) is 0 Å². The Morgan fingerprint density at radius 3 is 2.56 bits per heavy atom. The molecule has 0 bridgehead atoms. The van der Waals surface area contributed by atoms with Crippen LogP contribution >= 0.6 is 11.6 Å². The maximum Gasteiger partial charge on any atom is 0.254 e. The molecule has 0 radical (unpaired) electrons. The van der Waals surface area contributed by atoms with E-state index in [0.29, 0.717) is 10.6 Å². The number of carbonyl (C=O) groups excluding carboxylic acids is 1. The highest BCUT2D eigenvalue weighted by atomic mass is 35.5. The molecule has 0 aliphatic carbocycles. The molecule has 0 saturated heterocycles. The molecule has 2 aromatic heterocycles. The van der Waals surface area contributed by atoms with Gasteiger partial charge in [-0.1, -0.05) is 50.9 Å². The zero-order valence-corrected chi connectivity index (χ0v) is 20.3. The van der Waals surface area contributed by atoms with Crippen molar-refractivity contribution in [3.63, 3.8) is 0 Å². The molecular formula is C25H34ClN5O. The number of benzene rings is 1. The standard InChI is InChI=1S/C25H34ClN5O/c1-5-9-23-21(25(32)28-18(4)10-8-15-30(6-2)7-3)17-27-24-16-22(29-31(23)24)19-11-13-20(26)14-12-19/h11-14,16-18H,5-10,15H2,1-4H3,(H,28,32). The summed E-state index contributed by atoms with van der Waals surface area (Å²) in [4.78, 5) is 20.0. The van der Waals surface area contributed by atoms with Gasteiger partial charge in [0, 0.05) is 28.9 Å². The highest BCUT2D eigenvalue weighted by Gasteiger charge is 2.19. The van der Waals surface area contributed by atoms with Crippen molar-refractivity contribution >= 4 is 23.2 Å². The summed E-state index contributed by atoms with van der Waals surface area (Å²) in [5.41, 5.74) is 4.01. The summed E-state index contributed by atoms with van der Waals surface area (Å²) in [6.45, 7) is 11.7. The fourth-order valence-electron chi connectivity index (χ4n) is 3.94. The fraction of sp³-hybridized carbons (Fsp3) is 0.480. The van der Waals surface area contributed by atoms with E-state index >= 15 is 0 Å². The summed E-state index contributed by atoms with van der Waals surface area (Å²) in [7, 11) is 0. The normalized spacial score (nSPS) is 12.4. The molecule has 1 amide bonds. The van der Waals surface area contributed by atoms with E-state index in [0.717, 1.165) is 67.9 Å². The first-order chi connectivity index (χ1) is 15.5. The van der Waals surface area contributed by atoms with Crippen LogP contribution in [0.5, 0.6) is 0 Å². The molecule has 0 aliphatic rings. The Kier molecular flexibility index (Phi) is 8.65. The number of halogens is 1. The van der Waals surface area contributed by atoms with E-state index in [9.17, 15) is 4.79 Å². The van der Waals surface area contributed by atoms with Crippen molar-refractivity contribution in [1.82, 2.24) is 24.8 Å². The van der Waals surface area contributed by atoms with Gasteiger partial charge >= 0.3 is 0 Å². The van der Waals surface area contributed by atoms with Crippen LogP contribution in [0.25, 0.3) is 16.9 Å². The van der Waals surface area contributed by atoms with Crippen molar-refractivity contribution < 1.29 is 4.79 Å². The summed E-state index contributed by atoms with van der Waals surface area (Å²) in [5.74, 6) is -0.0817. The van der Waals surface area contributed by atoms with E-state index in [1.807, 2.05) is 34.8 Å². The summed E-state index contributed by atoms with van der Waals surface area (Å²) in [6.07, 6.45) is 5.36. The molecule has 172 valence electrons. The van der Waals surface area contributed by atoms with Crippen molar-refractivity contribution in [3.8, 4) is 11.3 Å². The number of fused-ring (bicyclic) bond motifs is 1. The van der Waals surface area contributed by atoms with Gasteiger partial charge in [0.1, 0.15) is 0 Å². The molecule has 1 atom stereocenters. The number of nitrogens with one attached hydrogen (secondary N) is 1. The van der Waals surface area contributed by atoms with Gasteiger partial charge in [-0.15, -0.1) is 0 Å². The largest absolute Gasteiger partial charge is 0.349 e. The second kappa shape index (κ2) is 11.4. The van der Waals surface area contributed by atoms with Crippen LogP contribution in [-0.4, -0.2) is 51.1 Å². The smallest absolute Gasteiger partial charge is 0.254 e. The lowest BCUT2D eigenvalue weighted by Gasteiger charge is -2.20. The third-order valence-corrected chi connectivity index (χ3v) is 6.09. The van der Waals surface area contributed by atoms with Gasteiger partial charge in [-0.3, -0.25) is 4.79 Å². The quantitative estimate of drug-likeness (QED) is 0.429. The van der Waals surface area contributed by atoms with Gasteiger partial charge in [-0.05, 0) is 58.0 Å². The average molecular weight is 456 g/mol. The van der Waals surface area contributed by atoms with E-state index in [2.05, 4.69) is 42.9 Å². The molecule has 3 rings (SSSR count). The van der Waals surface area contributed by atoms with Gasteiger partial charge in [-0.2, -0.15) is 5.10 Å². The Morgan fingerprint density at radius 1 is 1.19 bits per heavy atom. The first-order valence-electron chi connectivity index (χ1n) is 11.6. The Hall–Kier alpha value is -2.44. The van der Waals surface area contributed by atoms with E-state index in [4.69, 9.17) is 16.7 Å². The highest BCUT2D eigenvalue weighted by Crippen LogP contribution is 2.23. The van der Waals surface area contributed by atoms with Crippen molar-refractivity contribution in [2.45, 2.75) is 59.4 Å². The van der Waals surface area contributed by atoms with Gasteiger partial charge in [0.2, 0.25) is 0 Å². The first kappa shape index (κ1) is 24.2. The number of nitrogens with zero attached hydrogens (tertiary/aromatic N) is 4. The number of hydrogen-bond donors (Lipinski definition) is 1. The lowest BCUT2D eigenvalue weighted by atomic mass is 10.1. The minimum absolute atomic E-state index is 0.0817. The number of hydrogen-bond acceptors (Lipinski definition) is 4. The van der Waals surface area contributed by atoms with Crippen LogP contribution in [0.4, 0.5) is 0 Å². The second-order valence-corrected chi connectivity index (χ2v) is 8.66. The van der Waals surface area contributed by atoms with Gasteiger partial charge in [0.05, 0.1) is 17.0 Å². The van der Waals surface area contributed by atoms with Crippen molar-refractivity contribution in [3.05, 3.63) is 52.8 Å². The van der Waals surface area contributed by atoms with E-state index in [1.165, 1.54) is 0 Å². The number of carbonyl (C=O) groups is 1. The maximum atomic E-state index is 13.1. The molecule has 6 nitrogen and oxygen atoms in total. The van der Waals surface area contributed by atoms with Crippen LogP contribution in [0.15, 0.2) is 36.5 Å². The average Bonchev–Trinajstić information content (AvgIpc) is 3.22. The van der Waals surface area contributed by atoms with Crippen LogP contribution in [0.2, 0.25) is 5.02 Å². The number of amides is 1. The van der Waals surface area contributed by atoms with E-state index < -0.39 is 0 Å². The second-order valence-electron chi connectivity index (χ2n) is 8.22. The summed E-state index contributed by atoms with van der Waals surface area (Å²) in [5, 5.41) is 8.62. The Balaban J connectivity index is 1.78. The molecule has 2 heterocycles. The molecule has 0 aliphatic heterocycles.